The summed E-state index contributed by atoms with van der Waals surface area (Å²) in [6.07, 6.45) is 1.37. The average Bonchev–Trinajstić information content (AvgIpc) is 3.28. The summed E-state index contributed by atoms with van der Waals surface area (Å²) in [5.74, 6) is -0.217. The van der Waals surface area contributed by atoms with Gasteiger partial charge in [0.15, 0.2) is 10.1 Å². The minimum atomic E-state index is -4.11. The molecule has 0 bridgehead atoms. The van der Waals surface area contributed by atoms with E-state index in [1.807, 2.05) is 24.3 Å². The van der Waals surface area contributed by atoms with E-state index in [4.69, 9.17) is 20.5 Å². The zero-order valence-corrected chi connectivity index (χ0v) is 21.4. The van der Waals surface area contributed by atoms with Crippen LogP contribution in [0, 0.1) is 0 Å². The second-order valence-corrected chi connectivity index (χ2v) is 11.1. The molecule has 0 radical (unpaired) electrons. The molecule has 35 heavy (non-hydrogen) atoms. The van der Waals surface area contributed by atoms with Crippen molar-refractivity contribution in [2.45, 2.75) is 9.24 Å². The first kappa shape index (κ1) is 25.0. The fourth-order valence-electron chi connectivity index (χ4n) is 2.89. The number of hydrazone groups is 1. The van der Waals surface area contributed by atoms with Crippen molar-refractivity contribution in [2.24, 2.45) is 5.10 Å². The lowest BCUT2D eigenvalue weighted by Crippen LogP contribution is -2.19. The van der Waals surface area contributed by atoms with Crippen LogP contribution in [0.25, 0.3) is 10.2 Å². The quantitative estimate of drug-likeness (QED) is 0.136. The highest BCUT2D eigenvalue weighted by Crippen LogP contribution is 2.38. The SMILES string of the molecule is COc1cc(/C=N\NC(=O)CSc2nc3ccccc3s2)cc(Cl)c1OS(=O)(=O)c1ccccc1. The fraction of sp³-hybridized carbons (Fsp3) is 0.0870. The second kappa shape index (κ2) is 11.1. The molecule has 0 aliphatic heterocycles. The van der Waals surface area contributed by atoms with E-state index in [9.17, 15) is 13.2 Å². The number of nitrogens with zero attached hydrogens (tertiary/aromatic N) is 2. The lowest BCUT2D eigenvalue weighted by atomic mass is 10.2. The van der Waals surface area contributed by atoms with Crippen LogP contribution in [0.2, 0.25) is 5.02 Å². The standard InChI is InChI=1S/C23H18ClN3O5S3/c1-31-19-12-15(11-17(24)22(19)32-35(29,30)16-7-3-2-4-8-16)13-25-27-21(28)14-33-23-26-18-9-5-6-10-20(18)34-23/h2-13H,14H2,1H3,(H,27,28)/b25-13-. The Labute approximate surface area is 215 Å². The average molecular weight is 548 g/mol. The minimum Gasteiger partial charge on any atom is -0.493 e. The number of thioether (sulfide) groups is 1. The molecule has 0 saturated heterocycles. The monoisotopic (exact) mass is 547 g/mol. The highest BCUT2D eigenvalue weighted by Gasteiger charge is 2.22. The second-order valence-electron chi connectivity index (χ2n) is 6.91. The van der Waals surface area contributed by atoms with E-state index in [0.717, 1.165) is 14.6 Å². The first-order valence-corrected chi connectivity index (χ1v) is 13.6. The first-order valence-electron chi connectivity index (χ1n) is 10.0. The van der Waals surface area contributed by atoms with Gasteiger partial charge in [0.2, 0.25) is 5.75 Å². The molecule has 1 N–H and O–H groups in total. The summed E-state index contributed by atoms with van der Waals surface area (Å²) < 4.78 is 37.4. The predicted octanol–water partition coefficient (Wildman–Crippen LogP) is 4.97. The number of hydrogen-bond donors (Lipinski definition) is 1. The van der Waals surface area contributed by atoms with Crippen LogP contribution in [0.15, 0.2) is 81.1 Å². The highest BCUT2D eigenvalue weighted by molar-refractivity contribution is 8.01. The molecule has 1 aromatic heterocycles. The molecule has 12 heteroatoms. The van der Waals surface area contributed by atoms with E-state index in [-0.39, 0.29) is 33.1 Å². The molecule has 4 rings (SSSR count). The predicted molar refractivity (Wildman–Crippen MR) is 138 cm³/mol. The Balaban J connectivity index is 1.39. The van der Waals surface area contributed by atoms with Gasteiger partial charge in [-0.05, 0) is 42.0 Å². The lowest BCUT2D eigenvalue weighted by molar-refractivity contribution is -0.118. The van der Waals surface area contributed by atoms with Gasteiger partial charge >= 0.3 is 10.1 Å². The van der Waals surface area contributed by atoms with Crippen molar-refractivity contribution in [1.29, 1.82) is 0 Å². The molecule has 1 amide bonds. The number of methoxy groups -OCH3 is 1. The van der Waals surface area contributed by atoms with Gasteiger partial charge in [0.05, 0.1) is 34.3 Å². The van der Waals surface area contributed by atoms with Crippen LogP contribution in [0.3, 0.4) is 0 Å². The van der Waals surface area contributed by atoms with Crippen molar-refractivity contribution in [3.8, 4) is 11.5 Å². The van der Waals surface area contributed by atoms with Crippen LogP contribution in [0.4, 0.5) is 0 Å². The molecule has 0 saturated carbocycles. The highest BCUT2D eigenvalue weighted by atomic mass is 35.5. The fourth-order valence-corrected chi connectivity index (χ4v) is 6.03. The zero-order valence-electron chi connectivity index (χ0n) is 18.2. The Hall–Kier alpha value is -3.12. The van der Waals surface area contributed by atoms with Crippen LogP contribution in [0.1, 0.15) is 5.56 Å². The number of rotatable bonds is 9. The van der Waals surface area contributed by atoms with Gasteiger partial charge in [0, 0.05) is 0 Å². The molecule has 0 fully saturated rings. The zero-order chi connectivity index (χ0) is 24.8. The third-order valence-electron chi connectivity index (χ3n) is 4.48. The van der Waals surface area contributed by atoms with Crippen molar-refractivity contribution in [2.75, 3.05) is 12.9 Å². The Bertz CT molecular complexity index is 1460. The number of ether oxygens (including phenoxy) is 1. The van der Waals surface area contributed by atoms with Gasteiger partial charge < -0.3 is 8.92 Å². The third kappa shape index (κ3) is 6.31. The molecule has 0 atom stereocenters. The minimum absolute atomic E-state index is 0.00280. The van der Waals surface area contributed by atoms with Gasteiger partial charge in [0.25, 0.3) is 5.91 Å². The molecule has 0 unspecified atom stereocenters. The van der Waals surface area contributed by atoms with Gasteiger partial charge in [-0.25, -0.2) is 10.4 Å². The molecule has 8 nitrogen and oxygen atoms in total. The Kier molecular flexibility index (Phi) is 7.91. The summed E-state index contributed by atoms with van der Waals surface area (Å²) in [4.78, 5) is 16.6. The number of hydrogen-bond acceptors (Lipinski definition) is 9. The van der Waals surface area contributed by atoms with E-state index in [2.05, 4.69) is 15.5 Å². The molecule has 3 aromatic carbocycles. The molecule has 0 aliphatic carbocycles. The number of amides is 1. The van der Waals surface area contributed by atoms with Gasteiger partial charge in [-0.15, -0.1) is 11.3 Å². The molecular formula is C23H18ClN3O5S3. The molecule has 1 heterocycles. The normalized spacial score (nSPS) is 11.6. The third-order valence-corrected chi connectivity index (χ3v) is 8.18. The molecule has 4 aromatic rings. The summed E-state index contributed by atoms with van der Waals surface area (Å²) in [5, 5.41) is 3.94. The summed E-state index contributed by atoms with van der Waals surface area (Å²) in [5.41, 5.74) is 3.81. The number of carbonyl (C=O) groups is 1. The number of aromatic nitrogens is 1. The van der Waals surface area contributed by atoms with E-state index in [1.54, 1.807) is 18.2 Å². The van der Waals surface area contributed by atoms with Crippen LogP contribution < -0.4 is 14.3 Å². The summed E-state index contributed by atoms with van der Waals surface area (Å²) in [6, 6.07) is 18.4. The number of benzene rings is 3. The Morgan fingerprint density at radius 2 is 1.91 bits per heavy atom. The van der Waals surface area contributed by atoms with Gasteiger partial charge in [-0.3, -0.25) is 4.79 Å². The summed E-state index contributed by atoms with van der Waals surface area (Å²) in [7, 11) is -2.75. The molecular weight excluding hydrogens is 530 g/mol. The largest absolute Gasteiger partial charge is 0.493 e. The number of carbonyl (C=O) groups excluding carboxylic acids is 1. The Morgan fingerprint density at radius 1 is 1.17 bits per heavy atom. The maximum absolute atomic E-state index is 12.6. The molecule has 0 spiro atoms. The van der Waals surface area contributed by atoms with E-state index in [0.29, 0.717) is 5.56 Å². The molecule has 180 valence electrons. The molecule has 0 aliphatic rings. The van der Waals surface area contributed by atoms with Gasteiger partial charge in [0.1, 0.15) is 4.90 Å². The number of nitrogens with one attached hydrogen (secondary N) is 1. The van der Waals surface area contributed by atoms with Gasteiger partial charge in [-0.1, -0.05) is 53.7 Å². The van der Waals surface area contributed by atoms with E-state index in [1.165, 1.54) is 60.7 Å². The van der Waals surface area contributed by atoms with Crippen molar-refractivity contribution >= 4 is 67.2 Å². The Morgan fingerprint density at radius 3 is 2.66 bits per heavy atom. The number of fused-ring (bicyclic) bond motifs is 1. The number of thiazole rings is 1. The smallest absolute Gasteiger partial charge is 0.339 e. The summed E-state index contributed by atoms with van der Waals surface area (Å²) in [6.45, 7) is 0. The van der Waals surface area contributed by atoms with Crippen molar-refractivity contribution in [3.05, 3.63) is 77.3 Å². The maximum Gasteiger partial charge on any atom is 0.339 e. The van der Waals surface area contributed by atoms with Crippen LogP contribution >= 0.6 is 34.7 Å². The van der Waals surface area contributed by atoms with Crippen molar-refractivity contribution < 1.29 is 22.1 Å². The number of halogens is 1. The van der Waals surface area contributed by atoms with Crippen LogP contribution in [-0.4, -0.2) is 38.4 Å². The summed E-state index contributed by atoms with van der Waals surface area (Å²) >= 11 is 9.11. The lowest BCUT2D eigenvalue weighted by Gasteiger charge is -2.13. The van der Waals surface area contributed by atoms with Crippen LogP contribution in [0.5, 0.6) is 11.5 Å². The van der Waals surface area contributed by atoms with E-state index < -0.39 is 10.1 Å². The van der Waals surface area contributed by atoms with Crippen molar-refractivity contribution in [3.63, 3.8) is 0 Å². The van der Waals surface area contributed by atoms with E-state index >= 15 is 0 Å². The number of para-hydroxylation sites is 1. The topological polar surface area (TPSA) is 107 Å². The maximum atomic E-state index is 12.6. The van der Waals surface area contributed by atoms with Crippen molar-refractivity contribution in [1.82, 2.24) is 10.4 Å². The van der Waals surface area contributed by atoms with Crippen LogP contribution in [-0.2, 0) is 14.9 Å². The van der Waals surface area contributed by atoms with Gasteiger partial charge in [-0.2, -0.15) is 13.5 Å². The first-order chi connectivity index (χ1) is 16.9.